The van der Waals surface area contributed by atoms with Crippen molar-refractivity contribution in [2.75, 3.05) is 0 Å². The lowest BCUT2D eigenvalue weighted by molar-refractivity contribution is -0.145. The van der Waals surface area contributed by atoms with Gasteiger partial charge in [-0.1, -0.05) is 0 Å². The lowest BCUT2D eigenvalue weighted by atomic mass is 10.1. The Hall–Kier alpha value is -3.71. The first-order chi connectivity index (χ1) is 13.3. The molecule has 0 aromatic rings. The Morgan fingerprint density at radius 2 is 1.07 bits per heavy atom. The zero-order chi connectivity index (χ0) is 22.7. The number of carboxylic acids is 4. The summed E-state index contributed by atoms with van der Waals surface area (Å²) in [6, 6.07) is -5.09. The van der Waals surface area contributed by atoms with E-state index >= 15 is 0 Å². The van der Waals surface area contributed by atoms with E-state index in [2.05, 4.69) is 0 Å². The van der Waals surface area contributed by atoms with Gasteiger partial charge in [-0.25, -0.2) is 4.79 Å². The van der Waals surface area contributed by atoms with Crippen LogP contribution in [0.5, 0.6) is 0 Å². The van der Waals surface area contributed by atoms with Gasteiger partial charge in [-0.15, -0.1) is 0 Å². The maximum Gasteiger partial charge on any atom is 0.326 e. The average molecular weight is 419 g/mol. The van der Waals surface area contributed by atoms with Crippen LogP contribution >= 0.6 is 0 Å². The maximum absolute atomic E-state index is 12.2. The van der Waals surface area contributed by atoms with Gasteiger partial charge in [-0.3, -0.25) is 28.8 Å². The van der Waals surface area contributed by atoms with Crippen molar-refractivity contribution in [1.82, 2.24) is 16.0 Å². The molecule has 3 atom stereocenters. The van der Waals surface area contributed by atoms with Gasteiger partial charge in [-0.2, -0.15) is 0 Å². The zero-order valence-electron chi connectivity index (χ0n) is 15.2. The van der Waals surface area contributed by atoms with Crippen LogP contribution in [0.25, 0.3) is 0 Å². The summed E-state index contributed by atoms with van der Waals surface area (Å²) >= 11 is 0. The molecule has 0 saturated carbocycles. The van der Waals surface area contributed by atoms with Gasteiger partial charge >= 0.3 is 23.9 Å². The second-order valence-corrected chi connectivity index (χ2v) is 5.84. The molecular formula is C15H21N3O11. The van der Waals surface area contributed by atoms with Crippen LogP contribution in [0, 0.1) is 0 Å². The largest absolute Gasteiger partial charge is 0.481 e. The van der Waals surface area contributed by atoms with Crippen molar-refractivity contribution in [3.8, 4) is 0 Å². The van der Waals surface area contributed by atoms with Crippen LogP contribution in [-0.4, -0.2) is 80.2 Å². The minimum atomic E-state index is -1.81. The summed E-state index contributed by atoms with van der Waals surface area (Å²) in [5.74, 6) is -9.09. The predicted molar refractivity (Wildman–Crippen MR) is 90.5 cm³/mol. The van der Waals surface area contributed by atoms with E-state index < -0.39 is 85.4 Å². The van der Waals surface area contributed by atoms with Gasteiger partial charge < -0.3 is 36.4 Å². The van der Waals surface area contributed by atoms with Crippen molar-refractivity contribution >= 4 is 41.6 Å². The van der Waals surface area contributed by atoms with Crippen LogP contribution in [-0.2, 0) is 33.6 Å². The van der Waals surface area contributed by atoms with Crippen molar-refractivity contribution in [3.63, 3.8) is 0 Å². The zero-order valence-corrected chi connectivity index (χ0v) is 15.2. The minimum Gasteiger partial charge on any atom is -0.481 e. The minimum absolute atomic E-state index is 0.502. The molecule has 29 heavy (non-hydrogen) atoms. The number of nitrogens with one attached hydrogen (secondary N) is 3. The van der Waals surface area contributed by atoms with Gasteiger partial charge in [0.25, 0.3) is 0 Å². The molecule has 0 aromatic carbocycles. The SMILES string of the molecule is CC(=O)N[C@@H](CC(=O)O)C(=O)N[C@@H](CC(=O)O)C(=O)N[C@@H](CCC(=O)O)C(=O)O. The second-order valence-electron chi connectivity index (χ2n) is 5.84. The van der Waals surface area contributed by atoms with Crippen molar-refractivity contribution < 1.29 is 54.0 Å². The summed E-state index contributed by atoms with van der Waals surface area (Å²) in [4.78, 5) is 79.0. The number of carbonyl (C=O) groups excluding carboxylic acids is 3. The van der Waals surface area contributed by atoms with E-state index in [4.69, 9.17) is 20.4 Å². The average Bonchev–Trinajstić information content (AvgIpc) is 2.55. The molecule has 7 N–H and O–H groups in total. The van der Waals surface area contributed by atoms with E-state index in [-0.39, 0.29) is 0 Å². The lowest BCUT2D eigenvalue weighted by Crippen LogP contribution is -2.56. The van der Waals surface area contributed by atoms with E-state index in [1.807, 2.05) is 16.0 Å². The summed E-state index contributed by atoms with van der Waals surface area (Å²) in [5, 5.41) is 41.3. The van der Waals surface area contributed by atoms with Gasteiger partial charge in [0.1, 0.15) is 18.1 Å². The number of carbonyl (C=O) groups is 7. The third kappa shape index (κ3) is 10.9. The molecule has 3 amide bonds. The van der Waals surface area contributed by atoms with Crippen LogP contribution in [0.15, 0.2) is 0 Å². The highest BCUT2D eigenvalue weighted by atomic mass is 16.4. The molecule has 0 aliphatic carbocycles. The molecule has 0 rings (SSSR count). The highest BCUT2D eigenvalue weighted by molar-refractivity contribution is 5.96. The molecule has 0 bridgehead atoms. The molecule has 0 spiro atoms. The van der Waals surface area contributed by atoms with Crippen molar-refractivity contribution in [3.05, 3.63) is 0 Å². The molecule has 0 aliphatic rings. The molecule has 0 radical (unpaired) electrons. The Balaban J connectivity index is 5.36. The number of rotatable bonds is 13. The molecule has 162 valence electrons. The van der Waals surface area contributed by atoms with Gasteiger partial charge in [0.05, 0.1) is 12.8 Å². The third-order valence-corrected chi connectivity index (χ3v) is 3.35. The Labute approximate surface area is 163 Å². The van der Waals surface area contributed by atoms with Crippen molar-refractivity contribution in [2.24, 2.45) is 0 Å². The number of aliphatic carboxylic acids is 4. The van der Waals surface area contributed by atoms with E-state index in [9.17, 15) is 33.6 Å². The van der Waals surface area contributed by atoms with Crippen LogP contribution in [0.2, 0.25) is 0 Å². The Bertz CT molecular complexity index is 675. The molecule has 0 fully saturated rings. The number of hydrogen-bond donors (Lipinski definition) is 7. The van der Waals surface area contributed by atoms with E-state index in [0.717, 1.165) is 6.92 Å². The fraction of sp³-hybridized carbons (Fsp3) is 0.533. The number of hydrogen-bond acceptors (Lipinski definition) is 7. The summed E-state index contributed by atoms with van der Waals surface area (Å²) in [5.41, 5.74) is 0. The van der Waals surface area contributed by atoms with Crippen LogP contribution in [0.4, 0.5) is 0 Å². The van der Waals surface area contributed by atoms with Gasteiger partial charge in [0, 0.05) is 13.3 Å². The molecule has 0 aliphatic heterocycles. The first-order valence-corrected chi connectivity index (χ1v) is 8.09. The van der Waals surface area contributed by atoms with Crippen LogP contribution in [0.3, 0.4) is 0 Å². The fourth-order valence-corrected chi connectivity index (χ4v) is 2.08. The second kappa shape index (κ2) is 11.9. The van der Waals surface area contributed by atoms with Gasteiger partial charge in [-0.05, 0) is 6.42 Å². The number of carboxylic acid groups (broad SMARTS) is 4. The maximum atomic E-state index is 12.2. The van der Waals surface area contributed by atoms with Crippen molar-refractivity contribution in [1.29, 1.82) is 0 Å². The summed E-state index contributed by atoms with van der Waals surface area (Å²) in [7, 11) is 0. The first kappa shape index (κ1) is 25.3. The fourth-order valence-electron chi connectivity index (χ4n) is 2.08. The monoisotopic (exact) mass is 419 g/mol. The molecule has 0 saturated heterocycles. The van der Waals surface area contributed by atoms with Gasteiger partial charge in [0.2, 0.25) is 17.7 Å². The topological polar surface area (TPSA) is 236 Å². The number of amides is 3. The summed E-state index contributed by atoms with van der Waals surface area (Å²) in [6.07, 6.45) is -2.94. The van der Waals surface area contributed by atoms with Crippen molar-refractivity contribution in [2.45, 2.75) is 50.7 Å². The van der Waals surface area contributed by atoms with Gasteiger partial charge in [0.15, 0.2) is 0 Å². The third-order valence-electron chi connectivity index (χ3n) is 3.35. The Morgan fingerprint density at radius 3 is 1.41 bits per heavy atom. The standard InChI is InChI=1S/C15H21N3O11/c1-6(19)16-8(4-11(22)23)13(26)18-9(5-12(24)25)14(27)17-7(15(28)29)2-3-10(20)21/h7-9H,2-5H2,1H3,(H,16,19)(H,17,27)(H,18,26)(H,20,21)(H,22,23)(H,24,25)(H,28,29)/t7-,8-,9-/m0/s1. The highest BCUT2D eigenvalue weighted by Crippen LogP contribution is 2.03. The normalized spacial score (nSPS) is 13.3. The molecular weight excluding hydrogens is 398 g/mol. The summed E-state index contributed by atoms with van der Waals surface area (Å²) in [6.45, 7) is 1.00. The van der Waals surface area contributed by atoms with Crippen LogP contribution < -0.4 is 16.0 Å². The Morgan fingerprint density at radius 1 is 0.655 bits per heavy atom. The smallest absolute Gasteiger partial charge is 0.326 e. The summed E-state index contributed by atoms with van der Waals surface area (Å²) < 4.78 is 0. The molecule has 0 aromatic heterocycles. The van der Waals surface area contributed by atoms with E-state index in [1.54, 1.807) is 0 Å². The molecule has 0 unspecified atom stereocenters. The highest BCUT2D eigenvalue weighted by Gasteiger charge is 2.31. The first-order valence-electron chi connectivity index (χ1n) is 8.09. The van der Waals surface area contributed by atoms with E-state index in [0.29, 0.717) is 0 Å². The molecule has 14 nitrogen and oxygen atoms in total. The predicted octanol–water partition coefficient (Wildman–Crippen LogP) is -2.64. The molecule has 0 heterocycles. The molecule has 14 heteroatoms. The van der Waals surface area contributed by atoms with E-state index in [1.165, 1.54) is 0 Å². The van der Waals surface area contributed by atoms with Crippen LogP contribution in [0.1, 0.15) is 32.6 Å². The quantitative estimate of drug-likeness (QED) is 0.163. The lowest BCUT2D eigenvalue weighted by Gasteiger charge is -2.22. The Kier molecular flexibility index (Phi) is 10.4.